The van der Waals surface area contributed by atoms with Crippen molar-refractivity contribution in [1.82, 2.24) is 9.97 Å². The van der Waals surface area contributed by atoms with Gasteiger partial charge in [0.2, 0.25) is 5.95 Å². The van der Waals surface area contributed by atoms with Gasteiger partial charge in [0.1, 0.15) is 17.1 Å². The van der Waals surface area contributed by atoms with Crippen LogP contribution in [0.4, 0.5) is 36.3 Å². The molecule has 3 aromatic rings. The summed E-state index contributed by atoms with van der Waals surface area (Å²) in [5.74, 6) is 0.462. The Morgan fingerprint density at radius 1 is 0.967 bits per heavy atom. The fraction of sp³-hybridized carbons (Fsp3) is 0.273. The Balaban J connectivity index is 1.85. The number of rotatable bonds is 8. The van der Waals surface area contributed by atoms with E-state index in [0.717, 1.165) is 24.6 Å². The molecule has 0 spiro atoms. The zero-order chi connectivity index (χ0) is 21.6. The number of aromatic nitrogens is 2. The van der Waals surface area contributed by atoms with Crippen LogP contribution in [0.2, 0.25) is 0 Å². The molecule has 0 amide bonds. The summed E-state index contributed by atoms with van der Waals surface area (Å²) >= 11 is 0. The van der Waals surface area contributed by atoms with Crippen molar-refractivity contribution in [2.24, 2.45) is 0 Å². The number of nitrogens with one attached hydrogen (secondary N) is 2. The van der Waals surface area contributed by atoms with Gasteiger partial charge in [-0.25, -0.2) is 4.98 Å². The molecule has 0 aliphatic carbocycles. The van der Waals surface area contributed by atoms with E-state index in [4.69, 9.17) is 4.74 Å². The van der Waals surface area contributed by atoms with Crippen molar-refractivity contribution in [3.8, 4) is 5.75 Å². The number of ether oxygens (including phenoxy) is 1. The van der Waals surface area contributed by atoms with Crippen LogP contribution in [0.1, 0.15) is 31.4 Å². The molecule has 0 aliphatic heterocycles. The lowest BCUT2D eigenvalue weighted by Gasteiger charge is -2.15. The molecule has 2 N–H and O–H groups in total. The van der Waals surface area contributed by atoms with Crippen LogP contribution in [0, 0.1) is 0 Å². The molecule has 0 aliphatic rings. The van der Waals surface area contributed by atoms with E-state index in [-0.39, 0.29) is 11.8 Å². The lowest BCUT2D eigenvalue weighted by molar-refractivity contribution is -0.137. The molecule has 30 heavy (non-hydrogen) atoms. The van der Waals surface area contributed by atoms with Gasteiger partial charge in [0.25, 0.3) is 0 Å². The first-order chi connectivity index (χ1) is 14.4. The van der Waals surface area contributed by atoms with Crippen molar-refractivity contribution < 1.29 is 17.9 Å². The van der Waals surface area contributed by atoms with E-state index in [9.17, 15) is 13.2 Å². The van der Waals surface area contributed by atoms with Gasteiger partial charge in [-0.1, -0.05) is 26.0 Å². The lowest BCUT2D eigenvalue weighted by Crippen LogP contribution is -2.12. The largest absolute Gasteiger partial charge is 0.494 e. The Hall–Kier alpha value is -3.29. The van der Waals surface area contributed by atoms with E-state index in [2.05, 4.69) is 20.6 Å². The third kappa shape index (κ3) is 5.62. The number of hydrogen-bond acceptors (Lipinski definition) is 5. The normalized spacial score (nSPS) is 11.2. The Labute approximate surface area is 173 Å². The van der Waals surface area contributed by atoms with E-state index in [1.54, 1.807) is 42.5 Å². The molecule has 1 heterocycles. The second-order valence-corrected chi connectivity index (χ2v) is 6.63. The smallest absolute Gasteiger partial charge is 0.421 e. The van der Waals surface area contributed by atoms with Gasteiger partial charge in [0.15, 0.2) is 0 Å². The molecule has 0 saturated carbocycles. The Kier molecular flexibility index (Phi) is 6.76. The molecule has 2 aromatic carbocycles. The maximum absolute atomic E-state index is 13.4. The maximum Gasteiger partial charge on any atom is 0.421 e. The molecule has 3 rings (SSSR count). The van der Waals surface area contributed by atoms with Gasteiger partial charge >= 0.3 is 6.18 Å². The SMILES string of the molecule is CCCOc1ccc(Nc2ncc(C(F)(F)F)c(Nc3cccc(CC)c3)n2)cc1. The fourth-order valence-electron chi connectivity index (χ4n) is 2.73. The second-order valence-electron chi connectivity index (χ2n) is 6.63. The zero-order valence-corrected chi connectivity index (χ0v) is 16.8. The molecule has 0 unspecified atom stereocenters. The van der Waals surface area contributed by atoms with Gasteiger partial charge in [0.05, 0.1) is 6.61 Å². The van der Waals surface area contributed by atoms with Crippen molar-refractivity contribution in [2.45, 2.75) is 32.9 Å². The minimum absolute atomic E-state index is 0.0550. The number of halogens is 3. The molecule has 1 aromatic heterocycles. The summed E-state index contributed by atoms with van der Waals surface area (Å²) in [6, 6.07) is 14.3. The highest BCUT2D eigenvalue weighted by Gasteiger charge is 2.35. The van der Waals surface area contributed by atoms with Crippen LogP contribution >= 0.6 is 0 Å². The zero-order valence-electron chi connectivity index (χ0n) is 16.8. The van der Waals surface area contributed by atoms with Crippen LogP contribution in [0.15, 0.2) is 54.7 Å². The predicted molar refractivity (Wildman–Crippen MR) is 112 cm³/mol. The maximum atomic E-state index is 13.4. The standard InChI is InChI=1S/C22H23F3N4O/c1-3-12-30-18-10-8-16(9-11-18)28-21-26-14-19(22(23,24)25)20(29-21)27-17-7-5-6-15(4-2)13-17/h5-11,13-14H,3-4,12H2,1-2H3,(H2,26,27,28,29). The minimum Gasteiger partial charge on any atom is -0.494 e. The molecule has 0 fully saturated rings. The predicted octanol–water partition coefficient (Wildman–Crippen LogP) is 6.33. The monoisotopic (exact) mass is 416 g/mol. The van der Waals surface area contributed by atoms with Crippen molar-refractivity contribution >= 4 is 23.1 Å². The van der Waals surface area contributed by atoms with Crippen LogP contribution in [-0.4, -0.2) is 16.6 Å². The molecule has 158 valence electrons. The Morgan fingerprint density at radius 3 is 2.40 bits per heavy atom. The van der Waals surface area contributed by atoms with Gasteiger partial charge in [-0.15, -0.1) is 0 Å². The Morgan fingerprint density at radius 2 is 1.73 bits per heavy atom. The first-order valence-electron chi connectivity index (χ1n) is 9.69. The number of hydrogen-bond donors (Lipinski definition) is 2. The van der Waals surface area contributed by atoms with Crippen molar-refractivity contribution in [2.75, 3.05) is 17.2 Å². The van der Waals surface area contributed by atoms with E-state index in [1.807, 2.05) is 19.9 Å². The summed E-state index contributed by atoms with van der Waals surface area (Å²) in [6.45, 7) is 4.61. The van der Waals surface area contributed by atoms with E-state index < -0.39 is 11.7 Å². The molecular formula is C22H23F3N4O. The number of alkyl halides is 3. The van der Waals surface area contributed by atoms with Gasteiger partial charge < -0.3 is 15.4 Å². The van der Waals surface area contributed by atoms with Crippen LogP contribution in [0.5, 0.6) is 5.75 Å². The quantitative estimate of drug-likeness (QED) is 0.449. The summed E-state index contributed by atoms with van der Waals surface area (Å²) in [5, 5.41) is 5.71. The van der Waals surface area contributed by atoms with Crippen molar-refractivity contribution in [3.63, 3.8) is 0 Å². The lowest BCUT2D eigenvalue weighted by atomic mass is 10.1. The summed E-state index contributed by atoms with van der Waals surface area (Å²) in [4.78, 5) is 7.91. The van der Waals surface area contributed by atoms with Crippen molar-refractivity contribution in [3.05, 3.63) is 65.9 Å². The molecule has 0 atom stereocenters. The first kappa shape index (κ1) is 21.4. The summed E-state index contributed by atoms with van der Waals surface area (Å²) < 4.78 is 45.9. The minimum atomic E-state index is -4.58. The first-order valence-corrected chi connectivity index (χ1v) is 9.69. The van der Waals surface area contributed by atoms with Gasteiger partial charge in [0, 0.05) is 17.6 Å². The van der Waals surface area contributed by atoms with Gasteiger partial charge in [-0.3, -0.25) is 0 Å². The third-order valence-electron chi connectivity index (χ3n) is 4.28. The average Bonchev–Trinajstić information content (AvgIpc) is 2.73. The fourth-order valence-corrected chi connectivity index (χ4v) is 2.73. The van der Waals surface area contributed by atoms with E-state index in [0.29, 0.717) is 23.7 Å². The number of benzene rings is 2. The number of anilines is 4. The third-order valence-corrected chi connectivity index (χ3v) is 4.28. The average molecular weight is 416 g/mol. The highest BCUT2D eigenvalue weighted by molar-refractivity contribution is 5.63. The summed E-state index contributed by atoms with van der Waals surface area (Å²) in [7, 11) is 0. The van der Waals surface area contributed by atoms with Crippen LogP contribution in [0.25, 0.3) is 0 Å². The number of nitrogens with zero attached hydrogens (tertiary/aromatic N) is 2. The molecule has 0 bridgehead atoms. The molecule has 0 radical (unpaired) electrons. The van der Waals surface area contributed by atoms with Gasteiger partial charge in [-0.2, -0.15) is 18.2 Å². The topological polar surface area (TPSA) is 59.1 Å². The number of aryl methyl sites for hydroxylation is 1. The molecule has 8 heteroatoms. The molecule has 5 nitrogen and oxygen atoms in total. The summed E-state index contributed by atoms with van der Waals surface area (Å²) in [6.07, 6.45) is -2.13. The second kappa shape index (κ2) is 9.47. The van der Waals surface area contributed by atoms with E-state index in [1.165, 1.54) is 0 Å². The highest BCUT2D eigenvalue weighted by Crippen LogP contribution is 2.35. The molecular weight excluding hydrogens is 393 g/mol. The molecule has 0 saturated heterocycles. The van der Waals surface area contributed by atoms with Crippen LogP contribution in [-0.2, 0) is 12.6 Å². The Bertz CT molecular complexity index is 975. The highest BCUT2D eigenvalue weighted by atomic mass is 19.4. The van der Waals surface area contributed by atoms with Crippen molar-refractivity contribution in [1.29, 1.82) is 0 Å². The van der Waals surface area contributed by atoms with Crippen LogP contribution in [0.3, 0.4) is 0 Å². The van der Waals surface area contributed by atoms with E-state index >= 15 is 0 Å². The van der Waals surface area contributed by atoms with Crippen LogP contribution < -0.4 is 15.4 Å². The summed E-state index contributed by atoms with van der Waals surface area (Å²) in [5.41, 5.74) is 1.24. The van der Waals surface area contributed by atoms with Gasteiger partial charge in [-0.05, 0) is 54.8 Å².